The molecule has 0 aromatic heterocycles. The van der Waals surface area contributed by atoms with Crippen molar-refractivity contribution in [3.8, 4) is 0 Å². The third-order valence-corrected chi connectivity index (χ3v) is 2.96. The van der Waals surface area contributed by atoms with E-state index in [1.165, 1.54) is 16.8 Å². The molecule has 0 fully saturated rings. The van der Waals surface area contributed by atoms with Gasteiger partial charge in [-0.1, -0.05) is 18.2 Å². The Balaban J connectivity index is 3.01. The molecule has 1 atom stereocenters. The SMILES string of the molecule is COCC(C)N(C)c1c(C)cccc1CN. The lowest BCUT2D eigenvalue weighted by Crippen LogP contribution is -2.34. The zero-order chi connectivity index (χ0) is 12.1. The highest BCUT2D eigenvalue weighted by atomic mass is 16.5. The number of methoxy groups -OCH3 is 1. The number of benzene rings is 1. The lowest BCUT2D eigenvalue weighted by Gasteiger charge is -2.30. The molecule has 1 aromatic carbocycles. The quantitative estimate of drug-likeness (QED) is 0.827. The Hall–Kier alpha value is -1.06. The zero-order valence-corrected chi connectivity index (χ0v) is 10.7. The molecule has 0 bridgehead atoms. The molecule has 0 saturated carbocycles. The number of rotatable bonds is 5. The van der Waals surface area contributed by atoms with Crippen LogP contribution in [0.2, 0.25) is 0 Å². The predicted octanol–water partition coefficient (Wildman–Crippen LogP) is 1.92. The lowest BCUT2D eigenvalue weighted by atomic mass is 10.1. The summed E-state index contributed by atoms with van der Waals surface area (Å²) < 4.78 is 5.19. The Morgan fingerprint density at radius 2 is 2.12 bits per heavy atom. The average Bonchev–Trinajstić information content (AvgIpc) is 2.28. The Morgan fingerprint density at radius 3 is 2.69 bits per heavy atom. The van der Waals surface area contributed by atoms with Gasteiger partial charge in [0.2, 0.25) is 0 Å². The van der Waals surface area contributed by atoms with Gasteiger partial charge in [0, 0.05) is 32.4 Å². The number of ether oxygens (including phenoxy) is 1. The Morgan fingerprint density at radius 1 is 1.44 bits per heavy atom. The number of hydrogen-bond donors (Lipinski definition) is 1. The highest BCUT2D eigenvalue weighted by molar-refractivity contribution is 5.59. The van der Waals surface area contributed by atoms with E-state index in [2.05, 4.69) is 44.0 Å². The van der Waals surface area contributed by atoms with Crippen LogP contribution in [-0.2, 0) is 11.3 Å². The molecule has 0 aliphatic heterocycles. The summed E-state index contributed by atoms with van der Waals surface area (Å²) in [5.74, 6) is 0. The molecule has 0 heterocycles. The Kier molecular flexibility index (Phi) is 4.77. The van der Waals surface area contributed by atoms with Crippen molar-refractivity contribution in [2.45, 2.75) is 26.4 Å². The fourth-order valence-electron chi connectivity index (χ4n) is 1.96. The fraction of sp³-hybridized carbons (Fsp3) is 0.538. The minimum atomic E-state index is 0.344. The van der Waals surface area contributed by atoms with Crippen molar-refractivity contribution in [2.75, 3.05) is 25.7 Å². The van der Waals surface area contributed by atoms with Gasteiger partial charge in [-0.25, -0.2) is 0 Å². The van der Waals surface area contributed by atoms with Crippen molar-refractivity contribution in [3.63, 3.8) is 0 Å². The second-order valence-corrected chi connectivity index (χ2v) is 4.20. The predicted molar refractivity (Wildman–Crippen MR) is 68.8 cm³/mol. The summed E-state index contributed by atoms with van der Waals surface area (Å²) in [4.78, 5) is 2.24. The number of para-hydroxylation sites is 1. The topological polar surface area (TPSA) is 38.5 Å². The normalized spacial score (nSPS) is 12.6. The molecule has 16 heavy (non-hydrogen) atoms. The van der Waals surface area contributed by atoms with Crippen molar-refractivity contribution in [2.24, 2.45) is 5.73 Å². The molecule has 0 radical (unpaired) electrons. The third-order valence-electron chi connectivity index (χ3n) is 2.96. The largest absolute Gasteiger partial charge is 0.383 e. The van der Waals surface area contributed by atoms with Gasteiger partial charge in [0.1, 0.15) is 0 Å². The highest BCUT2D eigenvalue weighted by Gasteiger charge is 2.14. The molecule has 1 unspecified atom stereocenters. The van der Waals surface area contributed by atoms with Crippen molar-refractivity contribution >= 4 is 5.69 Å². The Labute approximate surface area is 98.2 Å². The van der Waals surface area contributed by atoms with Crippen LogP contribution in [0.4, 0.5) is 5.69 Å². The van der Waals surface area contributed by atoms with Gasteiger partial charge in [0.05, 0.1) is 6.61 Å². The molecule has 90 valence electrons. The molecule has 0 spiro atoms. The van der Waals surface area contributed by atoms with E-state index in [0.29, 0.717) is 12.6 Å². The monoisotopic (exact) mass is 222 g/mol. The molecule has 0 saturated heterocycles. The number of nitrogens with two attached hydrogens (primary N) is 1. The summed E-state index contributed by atoms with van der Waals surface area (Å²) >= 11 is 0. The molecular weight excluding hydrogens is 200 g/mol. The first-order valence-electron chi connectivity index (χ1n) is 5.62. The van der Waals surface area contributed by atoms with E-state index in [1.807, 2.05) is 0 Å². The fourth-order valence-corrected chi connectivity index (χ4v) is 1.96. The van der Waals surface area contributed by atoms with Crippen LogP contribution in [0.25, 0.3) is 0 Å². The van der Waals surface area contributed by atoms with E-state index in [-0.39, 0.29) is 0 Å². The van der Waals surface area contributed by atoms with Gasteiger partial charge in [-0.3, -0.25) is 0 Å². The number of nitrogens with zero attached hydrogens (tertiary/aromatic N) is 1. The molecular formula is C13H22N2O. The van der Waals surface area contributed by atoms with Crippen LogP contribution < -0.4 is 10.6 Å². The first-order chi connectivity index (χ1) is 7.61. The summed E-state index contributed by atoms with van der Waals surface area (Å²) in [6.45, 7) is 5.55. The zero-order valence-electron chi connectivity index (χ0n) is 10.7. The smallest absolute Gasteiger partial charge is 0.0663 e. The van der Waals surface area contributed by atoms with Gasteiger partial charge in [-0.05, 0) is 25.0 Å². The minimum absolute atomic E-state index is 0.344. The third kappa shape index (κ3) is 2.74. The van der Waals surface area contributed by atoms with Crippen LogP contribution in [0.15, 0.2) is 18.2 Å². The second-order valence-electron chi connectivity index (χ2n) is 4.20. The maximum absolute atomic E-state index is 5.77. The average molecular weight is 222 g/mol. The molecule has 1 aromatic rings. The lowest BCUT2D eigenvalue weighted by molar-refractivity contribution is 0.183. The van der Waals surface area contributed by atoms with E-state index >= 15 is 0 Å². The molecule has 0 amide bonds. The maximum atomic E-state index is 5.77. The van der Waals surface area contributed by atoms with E-state index in [0.717, 1.165) is 6.61 Å². The minimum Gasteiger partial charge on any atom is -0.383 e. The van der Waals surface area contributed by atoms with Gasteiger partial charge in [-0.15, -0.1) is 0 Å². The molecule has 1 rings (SSSR count). The van der Waals surface area contributed by atoms with Crippen LogP contribution >= 0.6 is 0 Å². The number of anilines is 1. The van der Waals surface area contributed by atoms with E-state index < -0.39 is 0 Å². The van der Waals surface area contributed by atoms with E-state index in [1.54, 1.807) is 7.11 Å². The van der Waals surface area contributed by atoms with Crippen molar-refractivity contribution < 1.29 is 4.74 Å². The standard InChI is InChI=1S/C13H22N2O/c1-10-6-5-7-12(8-14)13(10)15(3)11(2)9-16-4/h5-7,11H,8-9,14H2,1-4H3. The number of aryl methyl sites for hydroxylation is 1. The van der Waals surface area contributed by atoms with Gasteiger partial charge in [-0.2, -0.15) is 0 Å². The van der Waals surface area contributed by atoms with Crippen LogP contribution in [0.3, 0.4) is 0 Å². The van der Waals surface area contributed by atoms with Gasteiger partial charge >= 0.3 is 0 Å². The van der Waals surface area contributed by atoms with Crippen LogP contribution in [0.5, 0.6) is 0 Å². The number of hydrogen-bond acceptors (Lipinski definition) is 3. The summed E-state index contributed by atoms with van der Waals surface area (Å²) in [6, 6.07) is 6.59. The van der Waals surface area contributed by atoms with Crippen LogP contribution in [0, 0.1) is 6.92 Å². The van der Waals surface area contributed by atoms with Crippen LogP contribution in [0.1, 0.15) is 18.1 Å². The summed E-state index contributed by atoms with van der Waals surface area (Å²) in [5.41, 5.74) is 9.45. The summed E-state index contributed by atoms with van der Waals surface area (Å²) in [6.07, 6.45) is 0. The highest BCUT2D eigenvalue weighted by Crippen LogP contribution is 2.25. The summed E-state index contributed by atoms with van der Waals surface area (Å²) in [7, 11) is 3.82. The number of likely N-dealkylation sites (N-methyl/N-ethyl adjacent to an activating group) is 1. The molecule has 2 N–H and O–H groups in total. The van der Waals surface area contributed by atoms with Gasteiger partial charge in [0.25, 0.3) is 0 Å². The van der Waals surface area contributed by atoms with Crippen LogP contribution in [-0.4, -0.2) is 26.8 Å². The summed E-state index contributed by atoms with van der Waals surface area (Å²) in [5, 5.41) is 0. The van der Waals surface area contributed by atoms with Crippen molar-refractivity contribution in [1.82, 2.24) is 0 Å². The second kappa shape index (κ2) is 5.87. The first-order valence-corrected chi connectivity index (χ1v) is 5.62. The van der Waals surface area contributed by atoms with E-state index in [4.69, 9.17) is 10.5 Å². The van der Waals surface area contributed by atoms with E-state index in [9.17, 15) is 0 Å². The molecule has 3 heteroatoms. The Bertz CT molecular complexity index is 339. The molecule has 0 aliphatic carbocycles. The van der Waals surface area contributed by atoms with Gasteiger partial charge < -0.3 is 15.4 Å². The first kappa shape index (κ1) is 13.0. The molecule has 0 aliphatic rings. The molecule has 3 nitrogen and oxygen atoms in total. The maximum Gasteiger partial charge on any atom is 0.0663 e. The van der Waals surface area contributed by atoms with Crippen molar-refractivity contribution in [3.05, 3.63) is 29.3 Å². The van der Waals surface area contributed by atoms with Gasteiger partial charge in [0.15, 0.2) is 0 Å². The van der Waals surface area contributed by atoms with Crippen molar-refractivity contribution in [1.29, 1.82) is 0 Å².